The Balaban J connectivity index is 1.78. The second-order valence-electron chi connectivity index (χ2n) is 8.01. The van der Waals surface area contributed by atoms with Gasteiger partial charge in [-0.05, 0) is 54.7 Å². The van der Waals surface area contributed by atoms with Gasteiger partial charge in [0.1, 0.15) is 0 Å². The predicted octanol–water partition coefficient (Wildman–Crippen LogP) is 5.58. The maximum Gasteiger partial charge on any atom is 0.0720 e. The van der Waals surface area contributed by atoms with Crippen molar-refractivity contribution in [3.63, 3.8) is 0 Å². The Morgan fingerprint density at radius 3 is 2.44 bits per heavy atom. The number of halogens is 1. The lowest BCUT2D eigenvalue weighted by Gasteiger charge is -2.34. The minimum atomic E-state index is -0.287. The highest BCUT2D eigenvalue weighted by Crippen LogP contribution is 2.30. The van der Waals surface area contributed by atoms with Gasteiger partial charge in [-0.3, -0.25) is 4.98 Å². The van der Waals surface area contributed by atoms with Crippen molar-refractivity contribution in [2.75, 3.05) is 0 Å². The summed E-state index contributed by atoms with van der Waals surface area (Å²) in [7, 11) is 0. The number of aromatic nitrogens is 1. The smallest absolute Gasteiger partial charge is 0.0720 e. The molecule has 0 amide bonds. The van der Waals surface area contributed by atoms with E-state index in [0.717, 1.165) is 23.0 Å². The first-order chi connectivity index (χ1) is 12.8. The number of nitrogens with zero attached hydrogens (tertiary/aromatic N) is 1. The average molecular weight is 382 g/mol. The van der Waals surface area contributed by atoms with E-state index >= 15 is 0 Å². The SMILES string of the molecule is CC(C)c1ccc(CNC(C)(C)C(N)c2ccnc3cc(Cl)ccc23)cc1. The number of nitrogens with two attached hydrogens (primary N) is 1. The van der Waals surface area contributed by atoms with Crippen LogP contribution in [-0.2, 0) is 6.54 Å². The van der Waals surface area contributed by atoms with Crippen LogP contribution >= 0.6 is 11.6 Å². The fourth-order valence-corrected chi connectivity index (χ4v) is 3.43. The van der Waals surface area contributed by atoms with Gasteiger partial charge in [-0.1, -0.05) is 55.8 Å². The van der Waals surface area contributed by atoms with Crippen molar-refractivity contribution in [1.29, 1.82) is 0 Å². The molecule has 0 aliphatic heterocycles. The maximum absolute atomic E-state index is 6.68. The Kier molecular flexibility index (Phi) is 5.85. The third-order valence-electron chi connectivity index (χ3n) is 5.25. The summed E-state index contributed by atoms with van der Waals surface area (Å²) in [4.78, 5) is 4.42. The number of hydrogen-bond donors (Lipinski definition) is 2. The zero-order valence-electron chi connectivity index (χ0n) is 16.5. The van der Waals surface area contributed by atoms with Crippen molar-refractivity contribution < 1.29 is 0 Å². The Morgan fingerprint density at radius 1 is 1.07 bits per heavy atom. The molecule has 0 spiro atoms. The van der Waals surface area contributed by atoms with E-state index in [2.05, 4.69) is 62.3 Å². The van der Waals surface area contributed by atoms with E-state index in [9.17, 15) is 0 Å². The molecular weight excluding hydrogens is 354 g/mol. The molecule has 1 aromatic heterocycles. The normalized spacial score (nSPS) is 13.3. The summed E-state index contributed by atoms with van der Waals surface area (Å²) < 4.78 is 0. The topological polar surface area (TPSA) is 50.9 Å². The molecule has 1 heterocycles. The van der Waals surface area contributed by atoms with Crippen LogP contribution in [0.25, 0.3) is 10.9 Å². The maximum atomic E-state index is 6.68. The molecule has 0 aliphatic rings. The van der Waals surface area contributed by atoms with E-state index in [1.165, 1.54) is 11.1 Å². The minimum Gasteiger partial charge on any atom is -0.322 e. The molecule has 3 aromatic rings. The fraction of sp³-hybridized carbons (Fsp3) is 0.348. The van der Waals surface area contributed by atoms with Gasteiger partial charge < -0.3 is 11.1 Å². The van der Waals surface area contributed by atoms with E-state index in [0.29, 0.717) is 10.9 Å². The van der Waals surface area contributed by atoms with Gasteiger partial charge in [0.2, 0.25) is 0 Å². The van der Waals surface area contributed by atoms with Gasteiger partial charge in [-0.15, -0.1) is 0 Å². The van der Waals surface area contributed by atoms with E-state index in [4.69, 9.17) is 17.3 Å². The summed E-state index contributed by atoms with van der Waals surface area (Å²) in [5.74, 6) is 0.547. The Bertz CT molecular complexity index is 917. The second kappa shape index (κ2) is 7.97. The van der Waals surface area contributed by atoms with Crippen molar-refractivity contribution in [2.45, 2.75) is 51.7 Å². The van der Waals surface area contributed by atoms with E-state index in [1.54, 1.807) is 6.20 Å². The standard InChI is InChI=1S/C23H28ClN3/c1-15(2)17-7-5-16(6-8-17)14-27-23(3,4)22(25)20-11-12-26-21-13-18(24)9-10-19(20)21/h5-13,15,22,27H,14,25H2,1-4H3. The van der Waals surface area contributed by atoms with Crippen LogP contribution in [0.4, 0.5) is 0 Å². The number of nitrogens with one attached hydrogen (secondary N) is 1. The number of benzene rings is 2. The third-order valence-corrected chi connectivity index (χ3v) is 5.48. The molecule has 142 valence electrons. The van der Waals surface area contributed by atoms with Crippen LogP contribution in [0.1, 0.15) is 56.3 Å². The van der Waals surface area contributed by atoms with Gasteiger partial charge in [-0.2, -0.15) is 0 Å². The molecule has 0 fully saturated rings. The van der Waals surface area contributed by atoms with Crippen LogP contribution in [0.3, 0.4) is 0 Å². The first-order valence-corrected chi connectivity index (χ1v) is 9.79. The molecule has 0 saturated carbocycles. The summed E-state index contributed by atoms with van der Waals surface area (Å²) >= 11 is 6.11. The number of rotatable bonds is 6. The highest BCUT2D eigenvalue weighted by atomic mass is 35.5. The predicted molar refractivity (Wildman–Crippen MR) is 115 cm³/mol. The summed E-state index contributed by atoms with van der Waals surface area (Å²) in [6.45, 7) is 9.47. The zero-order chi connectivity index (χ0) is 19.6. The molecule has 0 aliphatic carbocycles. The highest BCUT2D eigenvalue weighted by Gasteiger charge is 2.28. The van der Waals surface area contributed by atoms with Gasteiger partial charge in [0.15, 0.2) is 0 Å². The van der Waals surface area contributed by atoms with Crippen LogP contribution < -0.4 is 11.1 Å². The van der Waals surface area contributed by atoms with Crippen LogP contribution in [0.5, 0.6) is 0 Å². The molecule has 27 heavy (non-hydrogen) atoms. The van der Waals surface area contributed by atoms with Crippen LogP contribution in [0.15, 0.2) is 54.7 Å². The van der Waals surface area contributed by atoms with E-state index < -0.39 is 0 Å². The van der Waals surface area contributed by atoms with Crippen molar-refractivity contribution in [2.24, 2.45) is 5.73 Å². The molecule has 2 aromatic carbocycles. The number of hydrogen-bond acceptors (Lipinski definition) is 3. The quantitative estimate of drug-likeness (QED) is 0.586. The first kappa shape index (κ1) is 19.8. The van der Waals surface area contributed by atoms with E-state index in [1.807, 2.05) is 24.3 Å². The molecule has 0 bridgehead atoms. The molecular formula is C23H28ClN3. The summed E-state index contributed by atoms with van der Waals surface area (Å²) in [5, 5.41) is 5.36. The Morgan fingerprint density at radius 2 is 1.78 bits per heavy atom. The lowest BCUT2D eigenvalue weighted by molar-refractivity contribution is 0.322. The van der Waals surface area contributed by atoms with Gasteiger partial charge >= 0.3 is 0 Å². The summed E-state index contributed by atoms with van der Waals surface area (Å²) in [6, 6.07) is 16.4. The van der Waals surface area contributed by atoms with Gasteiger partial charge in [0.05, 0.1) is 5.52 Å². The molecule has 1 atom stereocenters. The number of fused-ring (bicyclic) bond motifs is 1. The molecule has 0 radical (unpaired) electrons. The molecule has 0 saturated heterocycles. The number of pyridine rings is 1. The third kappa shape index (κ3) is 4.49. The summed E-state index contributed by atoms with van der Waals surface area (Å²) in [5.41, 5.74) is 11.0. The van der Waals surface area contributed by atoms with Crippen molar-refractivity contribution in [3.05, 3.63) is 76.4 Å². The van der Waals surface area contributed by atoms with E-state index in [-0.39, 0.29) is 11.6 Å². The fourth-order valence-electron chi connectivity index (χ4n) is 3.26. The van der Waals surface area contributed by atoms with Gasteiger partial charge in [0, 0.05) is 34.7 Å². The molecule has 3 N–H and O–H groups in total. The van der Waals surface area contributed by atoms with Crippen molar-refractivity contribution >= 4 is 22.5 Å². The average Bonchev–Trinajstić information content (AvgIpc) is 2.65. The van der Waals surface area contributed by atoms with Crippen LogP contribution in [0.2, 0.25) is 5.02 Å². The Labute approximate surface area is 167 Å². The Hall–Kier alpha value is -1.94. The van der Waals surface area contributed by atoms with Crippen molar-refractivity contribution in [1.82, 2.24) is 10.3 Å². The largest absolute Gasteiger partial charge is 0.322 e. The molecule has 3 rings (SSSR count). The van der Waals surface area contributed by atoms with Gasteiger partial charge in [-0.25, -0.2) is 0 Å². The first-order valence-electron chi connectivity index (χ1n) is 9.41. The molecule has 3 nitrogen and oxygen atoms in total. The lowest BCUT2D eigenvalue weighted by atomic mass is 9.87. The van der Waals surface area contributed by atoms with Crippen LogP contribution in [-0.4, -0.2) is 10.5 Å². The summed E-state index contributed by atoms with van der Waals surface area (Å²) in [6.07, 6.45) is 1.80. The highest BCUT2D eigenvalue weighted by molar-refractivity contribution is 6.31. The van der Waals surface area contributed by atoms with Crippen molar-refractivity contribution in [3.8, 4) is 0 Å². The molecule has 1 unspecified atom stereocenters. The lowest BCUT2D eigenvalue weighted by Crippen LogP contribution is -2.48. The monoisotopic (exact) mass is 381 g/mol. The minimum absolute atomic E-state index is 0.181. The van der Waals surface area contributed by atoms with Crippen LogP contribution in [0, 0.1) is 0 Å². The second-order valence-corrected chi connectivity index (χ2v) is 8.45. The zero-order valence-corrected chi connectivity index (χ0v) is 17.2. The molecule has 4 heteroatoms. The van der Waals surface area contributed by atoms with Gasteiger partial charge in [0.25, 0.3) is 0 Å².